The summed E-state index contributed by atoms with van der Waals surface area (Å²) < 4.78 is 0. The van der Waals surface area contributed by atoms with Crippen molar-refractivity contribution < 1.29 is 10.1 Å². The van der Waals surface area contributed by atoms with E-state index in [0.29, 0.717) is 22.8 Å². The van der Waals surface area contributed by atoms with Crippen molar-refractivity contribution in [1.29, 1.82) is 0 Å². The quantitative estimate of drug-likeness (QED) is 0.484. The van der Waals surface area contributed by atoms with Crippen LogP contribution in [0.25, 0.3) is 11.3 Å². The van der Waals surface area contributed by atoms with Crippen LogP contribution in [0.15, 0.2) is 53.6 Å². The van der Waals surface area contributed by atoms with Gasteiger partial charge in [0, 0.05) is 55.4 Å². The number of benzene rings is 1. The number of H-pyrrole nitrogens is 1. The van der Waals surface area contributed by atoms with Gasteiger partial charge in [0.05, 0.1) is 12.7 Å². The summed E-state index contributed by atoms with van der Waals surface area (Å²) in [7, 11) is 1.85. The van der Waals surface area contributed by atoms with E-state index in [0.717, 1.165) is 31.9 Å². The number of amides is 1. The Kier molecular flexibility index (Phi) is 5.82. The molecule has 9 heteroatoms. The summed E-state index contributed by atoms with van der Waals surface area (Å²) in [6.07, 6.45) is 3.23. The predicted molar refractivity (Wildman–Crippen MR) is 115 cm³/mol. The Bertz CT molecular complexity index is 1090. The van der Waals surface area contributed by atoms with Crippen LogP contribution in [0.4, 0.5) is 17.3 Å². The van der Waals surface area contributed by atoms with Gasteiger partial charge >= 0.3 is 5.95 Å². The second kappa shape index (κ2) is 8.85. The molecule has 1 aromatic carbocycles. The highest BCUT2D eigenvalue weighted by Crippen LogP contribution is 2.19. The summed E-state index contributed by atoms with van der Waals surface area (Å²) in [5.74, 6) is 0.253. The van der Waals surface area contributed by atoms with Crippen molar-refractivity contribution in [3.8, 4) is 11.3 Å². The van der Waals surface area contributed by atoms with Gasteiger partial charge < -0.3 is 20.5 Å². The first-order valence-corrected chi connectivity index (χ1v) is 9.86. The molecule has 5 N–H and O–H groups in total. The summed E-state index contributed by atoms with van der Waals surface area (Å²) in [5.41, 5.74) is 2.71. The minimum atomic E-state index is -0.374. The molecule has 9 nitrogen and oxygen atoms in total. The maximum Gasteiger partial charge on any atom is 0.325 e. The van der Waals surface area contributed by atoms with Gasteiger partial charge in [0.15, 0.2) is 0 Å². The van der Waals surface area contributed by atoms with E-state index in [9.17, 15) is 9.59 Å². The van der Waals surface area contributed by atoms with Crippen molar-refractivity contribution in [3.63, 3.8) is 0 Å². The van der Waals surface area contributed by atoms with Crippen molar-refractivity contribution in [3.05, 3.63) is 64.7 Å². The van der Waals surface area contributed by atoms with Crippen molar-refractivity contribution in [2.75, 3.05) is 43.4 Å². The fourth-order valence-electron chi connectivity index (χ4n) is 3.34. The Labute approximate surface area is 173 Å². The van der Waals surface area contributed by atoms with E-state index < -0.39 is 0 Å². The highest BCUT2D eigenvalue weighted by atomic mass is 16.2. The fourth-order valence-corrected chi connectivity index (χ4v) is 3.34. The maximum atomic E-state index is 12.7. The third kappa shape index (κ3) is 4.37. The van der Waals surface area contributed by atoms with Gasteiger partial charge in [-0.1, -0.05) is 0 Å². The second-order valence-corrected chi connectivity index (χ2v) is 6.96. The first-order valence-electron chi connectivity index (χ1n) is 9.86. The van der Waals surface area contributed by atoms with Gasteiger partial charge in [0.25, 0.3) is 11.5 Å². The molecular weight excluding hydrogens is 382 g/mol. The van der Waals surface area contributed by atoms with Crippen molar-refractivity contribution in [2.45, 2.75) is 0 Å². The van der Waals surface area contributed by atoms with Crippen LogP contribution in [-0.4, -0.2) is 54.1 Å². The highest BCUT2D eigenvalue weighted by molar-refractivity contribution is 6.04. The number of anilines is 2. The minimum absolute atomic E-state index is 0.171. The molecule has 1 fully saturated rings. The van der Waals surface area contributed by atoms with Crippen LogP contribution in [0.1, 0.15) is 10.4 Å². The number of nitrogens with one attached hydrogen (secondary N) is 3. The summed E-state index contributed by atoms with van der Waals surface area (Å²) in [6, 6.07) is 10.8. The number of carbonyl (C=O) groups excluding carboxylic acids is 1. The van der Waals surface area contributed by atoms with Crippen LogP contribution in [0.3, 0.4) is 0 Å². The van der Waals surface area contributed by atoms with Crippen LogP contribution in [0, 0.1) is 0 Å². The molecule has 0 spiro atoms. The molecule has 0 atom stereocenters. The number of hydrogen-bond acceptors (Lipinski definition) is 6. The average Bonchev–Trinajstić information content (AvgIpc) is 2.81. The largest absolute Gasteiger partial charge is 0.369 e. The van der Waals surface area contributed by atoms with Gasteiger partial charge in [-0.05, 0) is 36.4 Å². The number of pyridine rings is 1. The smallest absolute Gasteiger partial charge is 0.325 e. The zero-order valence-corrected chi connectivity index (χ0v) is 16.7. The Balaban J connectivity index is 1.52. The van der Waals surface area contributed by atoms with Gasteiger partial charge in [0.2, 0.25) is 0 Å². The number of rotatable bonds is 5. The van der Waals surface area contributed by atoms with Crippen LogP contribution in [0.5, 0.6) is 0 Å². The summed E-state index contributed by atoms with van der Waals surface area (Å²) >= 11 is 0. The van der Waals surface area contributed by atoms with Crippen molar-refractivity contribution in [2.24, 2.45) is 0 Å². The molecule has 0 unspecified atom stereocenters. The molecule has 4 rings (SSSR count). The number of quaternary nitrogens is 1. The molecule has 1 saturated heterocycles. The topological polar surface area (TPSA) is 120 Å². The molecule has 1 amide bonds. The number of nitrogens with two attached hydrogens (primary N) is 1. The molecule has 30 heavy (non-hydrogen) atoms. The predicted octanol–water partition coefficient (Wildman–Crippen LogP) is 0.319. The Hall–Kier alpha value is -3.56. The van der Waals surface area contributed by atoms with Gasteiger partial charge in [-0.25, -0.2) is 0 Å². The third-order valence-electron chi connectivity index (χ3n) is 4.99. The number of nitrogens with zero attached hydrogens (tertiary/aromatic N) is 3. The molecule has 0 radical (unpaired) electrons. The lowest BCUT2D eigenvalue weighted by molar-refractivity contribution is -0.547. The van der Waals surface area contributed by atoms with E-state index in [4.69, 9.17) is 0 Å². The van der Waals surface area contributed by atoms with Crippen LogP contribution < -0.4 is 26.4 Å². The number of aromatic nitrogens is 3. The minimum Gasteiger partial charge on any atom is -0.369 e. The average molecular weight is 406 g/mol. The first-order chi connectivity index (χ1) is 14.6. The third-order valence-corrected chi connectivity index (χ3v) is 4.99. The van der Waals surface area contributed by atoms with E-state index in [-0.39, 0.29) is 17.2 Å². The van der Waals surface area contributed by atoms with E-state index >= 15 is 0 Å². The van der Waals surface area contributed by atoms with E-state index in [1.807, 2.05) is 19.2 Å². The van der Waals surface area contributed by atoms with Crippen LogP contribution >= 0.6 is 0 Å². The van der Waals surface area contributed by atoms with E-state index in [1.54, 1.807) is 42.0 Å². The van der Waals surface area contributed by atoms with Gasteiger partial charge in [-0.2, -0.15) is 9.97 Å². The molecule has 3 heterocycles. The molecule has 1 aliphatic rings. The van der Waals surface area contributed by atoms with Gasteiger partial charge in [0.1, 0.15) is 5.69 Å². The normalized spacial score (nSPS) is 13.8. The Morgan fingerprint density at radius 2 is 1.93 bits per heavy atom. The number of piperazine rings is 1. The molecule has 2 aromatic heterocycles. The monoisotopic (exact) mass is 406 g/mol. The lowest BCUT2D eigenvalue weighted by atomic mass is 10.1. The van der Waals surface area contributed by atoms with E-state index in [1.165, 1.54) is 0 Å². The molecule has 154 valence electrons. The Morgan fingerprint density at radius 3 is 2.67 bits per heavy atom. The lowest BCUT2D eigenvalue weighted by Gasteiger charge is -2.29. The molecule has 1 aliphatic heterocycles. The molecule has 0 saturated carbocycles. The van der Waals surface area contributed by atoms with Gasteiger partial charge in [-0.3, -0.25) is 14.9 Å². The van der Waals surface area contributed by atoms with Crippen LogP contribution in [-0.2, 0) is 0 Å². The number of aromatic amines is 1. The Morgan fingerprint density at radius 1 is 1.17 bits per heavy atom. The van der Waals surface area contributed by atoms with Crippen LogP contribution in [0.2, 0.25) is 0 Å². The number of hydrogen-bond donors (Lipinski definition) is 4. The highest BCUT2D eigenvalue weighted by Gasteiger charge is 2.14. The van der Waals surface area contributed by atoms with E-state index in [2.05, 4.69) is 30.5 Å². The SMILES string of the molecule is C[NH2+]c1nccc(-c2c[nH]c(=O)c(NC(=O)c3ccc(N4CCNCC4)cc3)c2)n1. The first kappa shape index (κ1) is 19.7. The summed E-state index contributed by atoms with van der Waals surface area (Å²) in [4.78, 5) is 38.4. The standard InChI is InChI=1S/C21H23N7O2/c1-22-21-24-7-6-17(27-21)15-12-18(20(30)25-13-15)26-19(29)14-2-4-16(5-3-14)28-10-8-23-9-11-28/h2-7,12-13,23H,8-11H2,1H3,(H,25,30)(H,26,29)(H,22,24,27)/p+1. The lowest BCUT2D eigenvalue weighted by Crippen LogP contribution is -2.73. The molecule has 0 aliphatic carbocycles. The summed E-state index contributed by atoms with van der Waals surface area (Å²) in [6.45, 7) is 3.78. The zero-order chi connectivity index (χ0) is 20.9. The van der Waals surface area contributed by atoms with Crippen molar-refractivity contribution >= 4 is 23.2 Å². The maximum absolute atomic E-state index is 12.7. The molecular formula is C21H24N7O2+. The molecule has 3 aromatic rings. The van der Waals surface area contributed by atoms with Crippen molar-refractivity contribution in [1.82, 2.24) is 20.3 Å². The zero-order valence-electron chi connectivity index (χ0n) is 16.7. The number of carbonyl (C=O) groups is 1. The second-order valence-electron chi connectivity index (χ2n) is 6.96. The molecule has 0 bridgehead atoms. The fraction of sp³-hybridized carbons (Fsp3) is 0.238. The van der Waals surface area contributed by atoms with Gasteiger partial charge in [-0.15, -0.1) is 0 Å². The summed E-state index contributed by atoms with van der Waals surface area (Å²) in [5, 5.41) is 7.82.